The summed E-state index contributed by atoms with van der Waals surface area (Å²) in [5, 5.41) is 3.30. The third kappa shape index (κ3) is 5.95. The summed E-state index contributed by atoms with van der Waals surface area (Å²) in [7, 11) is -3.62. The maximum Gasteiger partial charge on any atom is 0.255 e. The van der Waals surface area contributed by atoms with Crippen molar-refractivity contribution in [2.45, 2.75) is 11.4 Å². The summed E-state index contributed by atoms with van der Waals surface area (Å²) >= 11 is 13.9. The Labute approximate surface area is 196 Å². The van der Waals surface area contributed by atoms with E-state index in [0.717, 1.165) is 11.2 Å². The Morgan fingerprint density at radius 2 is 1.71 bits per heavy atom. The predicted molar refractivity (Wildman–Crippen MR) is 130 cm³/mol. The van der Waals surface area contributed by atoms with Gasteiger partial charge in [0, 0.05) is 16.1 Å². The van der Waals surface area contributed by atoms with Gasteiger partial charge >= 0.3 is 0 Å². The number of thioether (sulfide) groups is 1. The highest BCUT2D eigenvalue weighted by atomic mass is 35.5. The second-order valence-corrected chi connectivity index (χ2v) is 10.3. The van der Waals surface area contributed by atoms with Crippen molar-refractivity contribution in [3.05, 3.63) is 87.9 Å². The number of carbonyl (C=O) groups is 1. The van der Waals surface area contributed by atoms with Crippen LogP contribution in [0, 0.1) is 0 Å². The fourth-order valence-electron chi connectivity index (χ4n) is 2.90. The van der Waals surface area contributed by atoms with Gasteiger partial charge in [-0.1, -0.05) is 47.5 Å². The number of hydrogen-bond acceptors (Lipinski definition) is 4. The molecule has 0 spiro atoms. The van der Waals surface area contributed by atoms with E-state index < -0.39 is 10.0 Å². The van der Waals surface area contributed by atoms with Crippen LogP contribution >= 0.6 is 35.0 Å². The van der Waals surface area contributed by atoms with Crippen molar-refractivity contribution in [1.29, 1.82) is 0 Å². The first-order chi connectivity index (χ1) is 14.7. The highest BCUT2D eigenvalue weighted by Gasteiger charge is 2.21. The number of carbonyl (C=O) groups excluding carboxylic acids is 1. The third-order valence-corrected chi connectivity index (χ3v) is 7.13. The van der Waals surface area contributed by atoms with Crippen LogP contribution in [0.5, 0.6) is 0 Å². The Balaban J connectivity index is 1.79. The van der Waals surface area contributed by atoms with Crippen LogP contribution < -0.4 is 9.62 Å². The number of anilines is 2. The predicted octanol–water partition coefficient (Wildman–Crippen LogP) is 5.93. The minimum absolute atomic E-state index is 0.0521. The molecule has 0 heterocycles. The molecule has 0 aliphatic rings. The molecule has 1 N–H and O–H groups in total. The van der Waals surface area contributed by atoms with Crippen molar-refractivity contribution in [3.63, 3.8) is 0 Å². The lowest BCUT2D eigenvalue weighted by Gasteiger charge is -2.24. The first-order valence-electron chi connectivity index (χ1n) is 9.15. The van der Waals surface area contributed by atoms with Gasteiger partial charge in [-0.25, -0.2) is 8.42 Å². The molecule has 0 saturated heterocycles. The van der Waals surface area contributed by atoms with Crippen molar-refractivity contribution in [3.8, 4) is 0 Å². The van der Waals surface area contributed by atoms with Gasteiger partial charge in [0.05, 0.1) is 28.5 Å². The lowest BCUT2D eigenvalue weighted by molar-refractivity contribution is 0.102. The molecular formula is C22H20Cl2N2O3S2. The normalized spacial score (nSPS) is 11.2. The summed E-state index contributed by atoms with van der Waals surface area (Å²) in [5.41, 5.74) is 2.17. The van der Waals surface area contributed by atoms with Gasteiger partial charge in [0.25, 0.3) is 5.91 Å². The van der Waals surface area contributed by atoms with Crippen LogP contribution in [0.25, 0.3) is 0 Å². The van der Waals surface area contributed by atoms with Gasteiger partial charge in [-0.15, -0.1) is 11.8 Å². The van der Waals surface area contributed by atoms with Gasteiger partial charge in [-0.3, -0.25) is 9.10 Å². The second kappa shape index (κ2) is 9.96. The molecule has 31 heavy (non-hydrogen) atoms. The largest absolute Gasteiger partial charge is 0.322 e. The zero-order valence-electron chi connectivity index (χ0n) is 16.8. The summed E-state index contributed by atoms with van der Waals surface area (Å²) in [5.74, 6) is -0.248. The Kier molecular flexibility index (Phi) is 7.54. The molecule has 3 aromatic rings. The molecule has 162 valence electrons. The number of rotatable bonds is 7. The molecule has 0 aliphatic heterocycles. The van der Waals surface area contributed by atoms with E-state index in [1.165, 1.54) is 4.31 Å². The van der Waals surface area contributed by atoms with Crippen LogP contribution in [-0.4, -0.2) is 26.8 Å². The average molecular weight is 495 g/mol. The van der Waals surface area contributed by atoms with Crippen molar-refractivity contribution >= 4 is 62.3 Å². The van der Waals surface area contributed by atoms with Crippen molar-refractivity contribution in [2.24, 2.45) is 0 Å². The van der Waals surface area contributed by atoms with Gasteiger partial charge in [-0.05, 0) is 54.3 Å². The molecule has 0 saturated carbocycles. The summed E-state index contributed by atoms with van der Waals surface area (Å²) in [6.45, 7) is 0.0521. The molecular weight excluding hydrogens is 475 g/mol. The van der Waals surface area contributed by atoms with Crippen molar-refractivity contribution in [2.75, 3.05) is 22.1 Å². The van der Waals surface area contributed by atoms with E-state index >= 15 is 0 Å². The lowest BCUT2D eigenvalue weighted by Crippen LogP contribution is -2.29. The molecule has 0 radical (unpaired) electrons. The standard InChI is InChI=1S/C22H20Cl2N2O3S2/c1-30-18-6-3-5-17(13-18)25-22(27)16-11-9-15(10-12-16)14-26(31(2,28)29)20-8-4-7-19(23)21(20)24/h3-13H,14H2,1-2H3,(H,25,27). The van der Waals surface area contributed by atoms with Crippen LogP contribution in [0.15, 0.2) is 71.6 Å². The average Bonchev–Trinajstić information content (AvgIpc) is 2.74. The van der Waals surface area contributed by atoms with Crippen LogP contribution in [0.2, 0.25) is 10.0 Å². The molecule has 0 fully saturated rings. The number of benzene rings is 3. The van der Waals surface area contributed by atoms with Crippen molar-refractivity contribution < 1.29 is 13.2 Å². The minimum Gasteiger partial charge on any atom is -0.322 e. The summed E-state index contributed by atoms with van der Waals surface area (Å²) in [6, 6.07) is 19.1. The Morgan fingerprint density at radius 1 is 1.03 bits per heavy atom. The van der Waals surface area contributed by atoms with E-state index in [2.05, 4.69) is 5.32 Å². The summed E-state index contributed by atoms with van der Waals surface area (Å²) < 4.78 is 26.0. The van der Waals surface area contributed by atoms with E-state index in [1.54, 1.807) is 54.2 Å². The fourth-order valence-corrected chi connectivity index (χ4v) is 4.70. The van der Waals surface area contributed by atoms with E-state index in [0.29, 0.717) is 22.5 Å². The molecule has 0 bridgehead atoms. The van der Waals surface area contributed by atoms with E-state index in [4.69, 9.17) is 23.2 Å². The molecule has 0 aromatic heterocycles. The molecule has 9 heteroatoms. The molecule has 3 rings (SSSR count). The third-order valence-electron chi connectivity index (χ3n) is 4.47. The molecule has 1 amide bonds. The first kappa shape index (κ1) is 23.5. The Hall–Kier alpha value is -2.19. The molecule has 5 nitrogen and oxygen atoms in total. The number of sulfonamides is 1. The zero-order valence-corrected chi connectivity index (χ0v) is 19.9. The van der Waals surface area contributed by atoms with Crippen LogP contribution in [0.4, 0.5) is 11.4 Å². The monoisotopic (exact) mass is 494 g/mol. The van der Waals surface area contributed by atoms with E-state index in [-0.39, 0.29) is 22.5 Å². The first-order valence-corrected chi connectivity index (χ1v) is 13.0. The highest BCUT2D eigenvalue weighted by Crippen LogP contribution is 2.34. The van der Waals surface area contributed by atoms with Gasteiger partial charge < -0.3 is 5.32 Å². The number of amides is 1. The lowest BCUT2D eigenvalue weighted by atomic mass is 10.1. The number of halogens is 2. The number of hydrogen-bond donors (Lipinski definition) is 1. The smallest absolute Gasteiger partial charge is 0.255 e. The van der Waals surface area contributed by atoms with Gasteiger partial charge in [0.2, 0.25) is 10.0 Å². The van der Waals surface area contributed by atoms with E-state index in [9.17, 15) is 13.2 Å². The molecule has 0 unspecified atom stereocenters. The summed E-state index contributed by atoms with van der Waals surface area (Å²) in [6.07, 6.45) is 3.07. The topological polar surface area (TPSA) is 66.5 Å². The number of nitrogens with one attached hydrogen (secondary N) is 1. The quantitative estimate of drug-likeness (QED) is 0.413. The van der Waals surface area contributed by atoms with Gasteiger partial charge in [0.1, 0.15) is 0 Å². The van der Waals surface area contributed by atoms with Crippen LogP contribution in [0.1, 0.15) is 15.9 Å². The maximum atomic E-state index is 12.6. The highest BCUT2D eigenvalue weighted by molar-refractivity contribution is 7.98. The van der Waals surface area contributed by atoms with Crippen LogP contribution in [-0.2, 0) is 16.6 Å². The van der Waals surface area contributed by atoms with Gasteiger partial charge in [-0.2, -0.15) is 0 Å². The maximum absolute atomic E-state index is 12.6. The van der Waals surface area contributed by atoms with Crippen LogP contribution in [0.3, 0.4) is 0 Å². The zero-order chi connectivity index (χ0) is 22.6. The second-order valence-electron chi connectivity index (χ2n) is 6.73. The molecule has 0 aliphatic carbocycles. The van der Waals surface area contributed by atoms with Gasteiger partial charge in [0.15, 0.2) is 0 Å². The van der Waals surface area contributed by atoms with E-state index in [1.807, 2.05) is 30.5 Å². The fraction of sp³-hybridized carbons (Fsp3) is 0.136. The number of nitrogens with zero attached hydrogens (tertiary/aromatic N) is 1. The van der Waals surface area contributed by atoms with Crippen molar-refractivity contribution in [1.82, 2.24) is 0 Å². The minimum atomic E-state index is -3.62. The molecule has 3 aromatic carbocycles. The Morgan fingerprint density at radius 3 is 2.35 bits per heavy atom. The molecule has 0 atom stereocenters. The Bertz CT molecular complexity index is 1200. The summed E-state index contributed by atoms with van der Waals surface area (Å²) in [4.78, 5) is 13.6. The SMILES string of the molecule is CSc1cccc(NC(=O)c2ccc(CN(c3cccc(Cl)c3Cl)S(C)(=O)=O)cc2)c1.